The average Bonchev–Trinajstić information content (AvgIpc) is 3.46. The van der Waals surface area contributed by atoms with Gasteiger partial charge in [0.15, 0.2) is 0 Å². The molecule has 0 atom stereocenters. The standard InChI is InChI=1S/C55H48N2/c1-54(2,3)43-26-31-47(32-27-43)57(48-30-25-41-14-12-13-15-42(41)37-48)49-33-35-51-50-34-24-40(36-52(50)55(4,5)53(51)38-49)21-20-39-22-28-46(29-23-39)56(44-16-8-6-9-17-44)45-18-10-7-11-19-45/h6-38H,1-5H3/b21-20+. The van der Waals surface area contributed by atoms with Gasteiger partial charge in [0.2, 0.25) is 0 Å². The first kappa shape index (κ1) is 36.0. The smallest absolute Gasteiger partial charge is 0.0468 e. The van der Waals surface area contributed by atoms with Gasteiger partial charge in [0.1, 0.15) is 0 Å². The Morgan fingerprint density at radius 3 is 1.46 bits per heavy atom. The molecule has 0 aromatic heterocycles. The third-order valence-electron chi connectivity index (χ3n) is 11.6. The van der Waals surface area contributed by atoms with Crippen LogP contribution in [0.3, 0.4) is 0 Å². The van der Waals surface area contributed by atoms with Crippen molar-refractivity contribution in [2.45, 2.75) is 45.4 Å². The molecule has 1 aliphatic carbocycles. The van der Waals surface area contributed by atoms with Crippen molar-refractivity contribution in [1.29, 1.82) is 0 Å². The lowest BCUT2D eigenvalue weighted by Gasteiger charge is -2.29. The summed E-state index contributed by atoms with van der Waals surface area (Å²) in [6.45, 7) is 11.6. The van der Waals surface area contributed by atoms with Crippen LogP contribution in [0.5, 0.6) is 0 Å². The molecular formula is C55H48N2. The number of nitrogens with zero attached hydrogens (tertiary/aromatic N) is 2. The van der Waals surface area contributed by atoms with Gasteiger partial charge in [-0.25, -0.2) is 0 Å². The highest BCUT2D eigenvalue weighted by atomic mass is 15.1. The van der Waals surface area contributed by atoms with Crippen LogP contribution >= 0.6 is 0 Å². The summed E-state index contributed by atoms with van der Waals surface area (Å²) >= 11 is 0. The fourth-order valence-electron chi connectivity index (χ4n) is 8.39. The summed E-state index contributed by atoms with van der Waals surface area (Å²) in [5, 5.41) is 2.48. The molecule has 9 rings (SSSR count). The van der Waals surface area contributed by atoms with Gasteiger partial charge in [0, 0.05) is 39.5 Å². The molecule has 8 aromatic rings. The van der Waals surface area contributed by atoms with Crippen molar-refractivity contribution in [1.82, 2.24) is 0 Å². The Balaban J connectivity index is 1.02. The van der Waals surface area contributed by atoms with Crippen LogP contribution in [-0.2, 0) is 10.8 Å². The van der Waals surface area contributed by atoms with Crippen molar-refractivity contribution < 1.29 is 0 Å². The molecule has 0 saturated carbocycles. The Kier molecular flexibility index (Phi) is 9.14. The molecule has 278 valence electrons. The number of fused-ring (bicyclic) bond motifs is 4. The van der Waals surface area contributed by atoms with Crippen LogP contribution in [0.15, 0.2) is 188 Å². The van der Waals surface area contributed by atoms with Gasteiger partial charge in [-0.15, -0.1) is 0 Å². The molecule has 0 amide bonds. The zero-order valence-corrected chi connectivity index (χ0v) is 33.4. The zero-order valence-electron chi connectivity index (χ0n) is 33.4. The second-order valence-corrected chi connectivity index (χ2v) is 16.8. The summed E-state index contributed by atoms with van der Waals surface area (Å²) in [5.74, 6) is 0. The zero-order chi connectivity index (χ0) is 39.1. The minimum Gasteiger partial charge on any atom is -0.311 e. The first-order chi connectivity index (χ1) is 27.6. The van der Waals surface area contributed by atoms with Gasteiger partial charge in [-0.05, 0) is 128 Å². The molecule has 57 heavy (non-hydrogen) atoms. The summed E-state index contributed by atoms with van der Waals surface area (Å²) < 4.78 is 0. The van der Waals surface area contributed by atoms with E-state index in [1.165, 1.54) is 44.2 Å². The maximum absolute atomic E-state index is 2.42. The average molecular weight is 737 g/mol. The fourth-order valence-corrected chi connectivity index (χ4v) is 8.39. The van der Waals surface area contributed by atoms with Crippen LogP contribution in [0.4, 0.5) is 34.1 Å². The van der Waals surface area contributed by atoms with Gasteiger partial charge in [-0.2, -0.15) is 0 Å². The lowest BCUT2D eigenvalue weighted by atomic mass is 9.81. The molecule has 0 spiro atoms. The topological polar surface area (TPSA) is 6.48 Å². The quantitative estimate of drug-likeness (QED) is 0.143. The number of hydrogen-bond acceptors (Lipinski definition) is 2. The molecule has 1 aliphatic rings. The summed E-state index contributed by atoms with van der Waals surface area (Å²) in [7, 11) is 0. The Bertz CT molecular complexity index is 2680. The number of anilines is 6. The summed E-state index contributed by atoms with van der Waals surface area (Å²) in [6, 6.07) is 68.5. The van der Waals surface area contributed by atoms with E-state index in [2.05, 4.69) is 245 Å². The predicted molar refractivity (Wildman–Crippen MR) is 245 cm³/mol. The molecule has 8 aromatic carbocycles. The van der Waals surface area contributed by atoms with Crippen LogP contribution in [0, 0.1) is 0 Å². The summed E-state index contributed by atoms with van der Waals surface area (Å²) in [6.07, 6.45) is 4.47. The number of benzene rings is 8. The van der Waals surface area contributed by atoms with Crippen molar-refractivity contribution in [2.24, 2.45) is 0 Å². The van der Waals surface area contributed by atoms with Crippen molar-refractivity contribution in [3.8, 4) is 11.1 Å². The van der Waals surface area contributed by atoms with E-state index < -0.39 is 0 Å². The first-order valence-electron chi connectivity index (χ1n) is 20.0. The van der Waals surface area contributed by atoms with E-state index in [-0.39, 0.29) is 10.8 Å². The maximum Gasteiger partial charge on any atom is 0.0468 e. The molecule has 2 heteroatoms. The van der Waals surface area contributed by atoms with Crippen LogP contribution in [0.25, 0.3) is 34.1 Å². The normalized spacial score (nSPS) is 13.1. The highest BCUT2D eigenvalue weighted by molar-refractivity contribution is 5.91. The third-order valence-corrected chi connectivity index (χ3v) is 11.6. The monoisotopic (exact) mass is 736 g/mol. The van der Waals surface area contributed by atoms with E-state index in [9.17, 15) is 0 Å². The van der Waals surface area contributed by atoms with E-state index in [0.717, 1.165) is 39.7 Å². The molecule has 0 radical (unpaired) electrons. The number of rotatable bonds is 8. The van der Waals surface area contributed by atoms with Crippen molar-refractivity contribution >= 4 is 57.0 Å². The van der Waals surface area contributed by atoms with Gasteiger partial charge < -0.3 is 9.80 Å². The van der Waals surface area contributed by atoms with Crippen LogP contribution in [0.1, 0.15) is 62.4 Å². The van der Waals surface area contributed by atoms with Gasteiger partial charge in [-0.3, -0.25) is 0 Å². The maximum atomic E-state index is 2.42. The molecule has 2 nitrogen and oxygen atoms in total. The summed E-state index contributed by atoms with van der Waals surface area (Å²) in [5.41, 5.74) is 15.8. The molecule has 0 fully saturated rings. The molecule has 0 aliphatic heterocycles. The number of hydrogen-bond donors (Lipinski definition) is 0. The molecule has 0 N–H and O–H groups in total. The molecule has 0 unspecified atom stereocenters. The van der Waals surface area contributed by atoms with Crippen LogP contribution < -0.4 is 9.80 Å². The SMILES string of the molecule is CC(C)(C)c1ccc(N(c2ccc3c(c2)C(C)(C)c2cc(/C=C/c4ccc(N(c5ccccc5)c5ccccc5)cc4)ccc2-3)c2ccc3ccccc3c2)cc1. The second-order valence-electron chi connectivity index (χ2n) is 16.8. The van der Waals surface area contributed by atoms with E-state index in [1.807, 2.05) is 0 Å². The minimum atomic E-state index is -0.171. The third kappa shape index (κ3) is 6.93. The van der Waals surface area contributed by atoms with E-state index >= 15 is 0 Å². The van der Waals surface area contributed by atoms with Gasteiger partial charge in [0.05, 0.1) is 0 Å². The Hall–Kier alpha value is -6.64. The van der Waals surface area contributed by atoms with Crippen LogP contribution in [-0.4, -0.2) is 0 Å². The lowest BCUT2D eigenvalue weighted by Crippen LogP contribution is -2.17. The van der Waals surface area contributed by atoms with Crippen molar-refractivity contribution in [3.05, 3.63) is 216 Å². The largest absolute Gasteiger partial charge is 0.311 e. The van der Waals surface area contributed by atoms with E-state index in [0.29, 0.717) is 0 Å². The predicted octanol–water partition coefficient (Wildman–Crippen LogP) is 15.6. The molecule has 0 bridgehead atoms. The van der Waals surface area contributed by atoms with Gasteiger partial charge >= 0.3 is 0 Å². The number of para-hydroxylation sites is 2. The van der Waals surface area contributed by atoms with Crippen molar-refractivity contribution in [2.75, 3.05) is 9.80 Å². The summed E-state index contributed by atoms with van der Waals surface area (Å²) in [4.78, 5) is 4.71. The van der Waals surface area contributed by atoms with E-state index in [1.54, 1.807) is 0 Å². The first-order valence-corrected chi connectivity index (χ1v) is 20.0. The Morgan fingerprint density at radius 2 is 0.825 bits per heavy atom. The molecular weight excluding hydrogens is 689 g/mol. The van der Waals surface area contributed by atoms with Gasteiger partial charge in [0.25, 0.3) is 0 Å². The van der Waals surface area contributed by atoms with E-state index in [4.69, 9.17) is 0 Å². The molecule has 0 saturated heterocycles. The van der Waals surface area contributed by atoms with Crippen molar-refractivity contribution in [3.63, 3.8) is 0 Å². The Labute approximate surface area is 338 Å². The minimum absolute atomic E-state index is 0.0847. The lowest BCUT2D eigenvalue weighted by molar-refractivity contribution is 0.590. The highest BCUT2D eigenvalue weighted by Gasteiger charge is 2.36. The fraction of sp³-hybridized carbons (Fsp3) is 0.127. The Morgan fingerprint density at radius 1 is 0.386 bits per heavy atom. The second kappa shape index (κ2) is 14.5. The molecule has 0 heterocycles. The van der Waals surface area contributed by atoms with Gasteiger partial charge in [-0.1, -0.05) is 162 Å². The van der Waals surface area contributed by atoms with Crippen LogP contribution in [0.2, 0.25) is 0 Å². The highest BCUT2D eigenvalue weighted by Crippen LogP contribution is 2.51.